The minimum absolute atomic E-state index is 0.0505. The van der Waals surface area contributed by atoms with Crippen LogP contribution in [0.5, 0.6) is 0 Å². The van der Waals surface area contributed by atoms with Gasteiger partial charge in [-0.05, 0) is 42.6 Å². The molecule has 1 aliphatic heterocycles. The molecule has 1 saturated heterocycles. The van der Waals surface area contributed by atoms with Gasteiger partial charge in [-0.2, -0.15) is 26.3 Å². The fraction of sp³-hybridized carbons (Fsp3) is 0.571. The second-order valence-corrected chi connectivity index (χ2v) is 5.23. The van der Waals surface area contributed by atoms with Crippen molar-refractivity contribution < 1.29 is 26.3 Å². The lowest BCUT2D eigenvalue weighted by Gasteiger charge is -2.21. The van der Waals surface area contributed by atoms with Gasteiger partial charge in [0.1, 0.15) is 0 Å². The first-order chi connectivity index (χ1) is 9.63. The predicted octanol–water partition coefficient (Wildman–Crippen LogP) is 4.78. The average molecular weight is 311 g/mol. The second kappa shape index (κ2) is 5.51. The van der Waals surface area contributed by atoms with Gasteiger partial charge in [-0.1, -0.05) is 13.3 Å². The Labute approximate surface area is 118 Å². The number of hydrogen-bond acceptors (Lipinski definition) is 1. The molecule has 7 heteroatoms. The van der Waals surface area contributed by atoms with Gasteiger partial charge in [0, 0.05) is 6.04 Å². The van der Waals surface area contributed by atoms with Crippen molar-refractivity contribution in [3.05, 3.63) is 34.9 Å². The quantitative estimate of drug-likeness (QED) is 0.775. The number of rotatable bonds is 2. The molecular formula is C14H15F6N. The fourth-order valence-electron chi connectivity index (χ4n) is 2.75. The topological polar surface area (TPSA) is 12.0 Å². The maximum absolute atomic E-state index is 12.8. The molecule has 0 spiro atoms. The molecule has 0 saturated carbocycles. The molecule has 1 fully saturated rings. The summed E-state index contributed by atoms with van der Waals surface area (Å²) in [7, 11) is 0. The van der Waals surface area contributed by atoms with E-state index in [9.17, 15) is 26.3 Å². The molecule has 0 radical (unpaired) electrons. The van der Waals surface area contributed by atoms with Gasteiger partial charge < -0.3 is 5.32 Å². The van der Waals surface area contributed by atoms with Crippen LogP contribution in [0.4, 0.5) is 26.3 Å². The Bertz CT molecular complexity index is 473. The third-order valence-electron chi connectivity index (χ3n) is 3.84. The highest BCUT2D eigenvalue weighted by Gasteiger charge is 2.38. The van der Waals surface area contributed by atoms with E-state index >= 15 is 0 Å². The lowest BCUT2D eigenvalue weighted by molar-refractivity contribution is -0.143. The molecular weight excluding hydrogens is 296 g/mol. The standard InChI is InChI=1S/C14H15F6N/c1-2-8-3-4-21-12(8)9-5-10(13(15,16)17)7-11(6-9)14(18,19)20/h5-8,12,21H,2-4H2,1H3. The highest BCUT2D eigenvalue weighted by Crippen LogP contribution is 2.40. The third kappa shape index (κ3) is 3.51. The molecule has 0 amide bonds. The van der Waals surface area contributed by atoms with Crippen LogP contribution in [0, 0.1) is 5.92 Å². The summed E-state index contributed by atoms with van der Waals surface area (Å²) in [5, 5.41) is 3.00. The summed E-state index contributed by atoms with van der Waals surface area (Å²) in [6.45, 7) is 2.48. The van der Waals surface area contributed by atoms with E-state index in [0.29, 0.717) is 13.0 Å². The zero-order valence-corrected chi connectivity index (χ0v) is 11.3. The number of nitrogens with one attached hydrogen (secondary N) is 1. The van der Waals surface area contributed by atoms with E-state index in [1.165, 1.54) is 0 Å². The van der Waals surface area contributed by atoms with Crippen molar-refractivity contribution in [2.45, 2.75) is 38.2 Å². The molecule has 0 aliphatic carbocycles. The van der Waals surface area contributed by atoms with Crippen molar-refractivity contribution in [3.8, 4) is 0 Å². The number of benzene rings is 1. The molecule has 1 aliphatic rings. The first-order valence-electron chi connectivity index (χ1n) is 6.65. The highest BCUT2D eigenvalue weighted by molar-refractivity contribution is 5.36. The predicted molar refractivity (Wildman–Crippen MR) is 65.6 cm³/mol. The van der Waals surface area contributed by atoms with E-state index in [1.54, 1.807) is 0 Å². The Morgan fingerprint density at radius 2 is 1.52 bits per heavy atom. The molecule has 0 aromatic heterocycles. The van der Waals surface area contributed by atoms with Crippen molar-refractivity contribution in [3.63, 3.8) is 0 Å². The zero-order valence-electron chi connectivity index (χ0n) is 11.3. The monoisotopic (exact) mass is 311 g/mol. The van der Waals surface area contributed by atoms with Gasteiger partial charge >= 0.3 is 12.4 Å². The van der Waals surface area contributed by atoms with Crippen LogP contribution in [0.2, 0.25) is 0 Å². The molecule has 0 bridgehead atoms. The van der Waals surface area contributed by atoms with Crippen LogP contribution in [0.1, 0.15) is 42.5 Å². The van der Waals surface area contributed by atoms with Crippen molar-refractivity contribution in [1.29, 1.82) is 0 Å². The van der Waals surface area contributed by atoms with Gasteiger partial charge in [0.2, 0.25) is 0 Å². The van der Waals surface area contributed by atoms with E-state index in [2.05, 4.69) is 5.32 Å². The first-order valence-corrected chi connectivity index (χ1v) is 6.65. The van der Waals surface area contributed by atoms with E-state index in [0.717, 1.165) is 18.6 Å². The summed E-state index contributed by atoms with van der Waals surface area (Å²) >= 11 is 0. The summed E-state index contributed by atoms with van der Waals surface area (Å²) in [6.07, 6.45) is -8.14. The van der Waals surface area contributed by atoms with Crippen LogP contribution in [-0.4, -0.2) is 6.54 Å². The van der Waals surface area contributed by atoms with Crippen molar-refractivity contribution in [1.82, 2.24) is 5.32 Å². The van der Waals surface area contributed by atoms with Crippen LogP contribution in [0.25, 0.3) is 0 Å². The van der Waals surface area contributed by atoms with Gasteiger partial charge in [-0.3, -0.25) is 0 Å². The van der Waals surface area contributed by atoms with Crippen molar-refractivity contribution >= 4 is 0 Å². The summed E-state index contributed by atoms with van der Waals surface area (Å²) in [5.41, 5.74) is -2.45. The maximum Gasteiger partial charge on any atom is 0.416 e. The van der Waals surface area contributed by atoms with E-state index < -0.39 is 29.5 Å². The Kier molecular flexibility index (Phi) is 4.24. The van der Waals surface area contributed by atoms with Crippen LogP contribution in [0.3, 0.4) is 0 Å². The number of halogens is 6. The van der Waals surface area contributed by atoms with Gasteiger partial charge in [0.15, 0.2) is 0 Å². The van der Waals surface area contributed by atoms with Crippen LogP contribution >= 0.6 is 0 Å². The SMILES string of the molecule is CCC1CCNC1c1cc(C(F)(F)F)cc(C(F)(F)F)c1. The molecule has 118 valence electrons. The molecule has 1 heterocycles. The minimum Gasteiger partial charge on any atom is -0.310 e. The molecule has 2 atom stereocenters. The molecule has 2 unspecified atom stereocenters. The second-order valence-electron chi connectivity index (χ2n) is 5.23. The normalized spacial score (nSPS) is 23.6. The van der Waals surface area contributed by atoms with E-state index in [4.69, 9.17) is 0 Å². The smallest absolute Gasteiger partial charge is 0.310 e. The number of alkyl halides is 6. The molecule has 2 rings (SSSR count). The molecule has 1 N–H and O–H groups in total. The summed E-state index contributed by atoms with van der Waals surface area (Å²) in [6, 6.07) is 1.35. The van der Waals surface area contributed by atoms with Crippen LogP contribution in [-0.2, 0) is 12.4 Å². The lowest BCUT2D eigenvalue weighted by Crippen LogP contribution is -2.20. The summed E-state index contributed by atoms with van der Waals surface area (Å²) < 4.78 is 76.9. The Hall–Kier alpha value is -1.24. The van der Waals surface area contributed by atoms with Gasteiger partial charge in [0.25, 0.3) is 0 Å². The molecule has 21 heavy (non-hydrogen) atoms. The van der Waals surface area contributed by atoms with Crippen LogP contribution in [0.15, 0.2) is 18.2 Å². The third-order valence-corrected chi connectivity index (χ3v) is 3.84. The van der Waals surface area contributed by atoms with Crippen molar-refractivity contribution in [2.24, 2.45) is 5.92 Å². The maximum atomic E-state index is 12.8. The largest absolute Gasteiger partial charge is 0.416 e. The lowest BCUT2D eigenvalue weighted by atomic mass is 9.90. The average Bonchev–Trinajstić information content (AvgIpc) is 2.84. The minimum atomic E-state index is -4.80. The summed E-state index contributed by atoms with van der Waals surface area (Å²) in [5.74, 6) is 0.0505. The molecule has 1 aromatic rings. The van der Waals surface area contributed by atoms with Gasteiger partial charge in [-0.25, -0.2) is 0 Å². The van der Waals surface area contributed by atoms with E-state index in [-0.39, 0.29) is 17.5 Å². The van der Waals surface area contributed by atoms with Gasteiger partial charge in [0.05, 0.1) is 11.1 Å². The van der Waals surface area contributed by atoms with Gasteiger partial charge in [-0.15, -0.1) is 0 Å². The van der Waals surface area contributed by atoms with E-state index in [1.807, 2.05) is 6.92 Å². The number of hydrogen-bond donors (Lipinski definition) is 1. The fourth-order valence-corrected chi connectivity index (χ4v) is 2.75. The summed E-state index contributed by atoms with van der Waals surface area (Å²) in [4.78, 5) is 0. The Morgan fingerprint density at radius 3 is 1.95 bits per heavy atom. The molecule has 1 nitrogen and oxygen atoms in total. The molecule has 1 aromatic carbocycles. The zero-order chi connectivity index (χ0) is 15.8. The first kappa shape index (κ1) is 16.1. The Morgan fingerprint density at radius 1 is 1.00 bits per heavy atom. The van der Waals surface area contributed by atoms with Crippen LogP contribution < -0.4 is 5.32 Å². The van der Waals surface area contributed by atoms with Crippen molar-refractivity contribution in [2.75, 3.05) is 6.54 Å². The Balaban J connectivity index is 2.50. The highest BCUT2D eigenvalue weighted by atomic mass is 19.4.